The number of methoxy groups -OCH3 is 1. The molecule has 1 aromatic heterocycles. The van der Waals surface area contributed by atoms with Crippen molar-refractivity contribution in [3.63, 3.8) is 0 Å². The maximum absolute atomic E-state index is 15.4. The summed E-state index contributed by atoms with van der Waals surface area (Å²) in [5.41, 5.74) is -0.0829. The minimum Gasteiger partial charge on any atom is -0.494 e. The highest BCUT2D eigenvalue weighted by Gasteiger charge is 2.35. The van der Waals surface area contributed by atoms with Gasteiger partial charge in [-0.15, -0.1) is 0 Å². The van der Waals surface area contributed by atoms with E-state index in [1.54, 1.807) is 13.8 Å². The number of aliphatic carboxylic acids is 1. The van der Waals surface area contributed by atoms with E-state index in [0.717, 1.165) is 24.9 Å². The van der Waals surface area contributed by atoms with Crippen molar-refractivity contribution in [2.45, 2.75) is 54.0 Å². The summed E-state index contributed by atoms with van der Waals surface area (Å²) in [6.45, 7) is 4.00. The van der Waals surface area contributed by atoms with Crippen molar-refractivity contribution in [2.75, 3.05) is 41.8 Å². The molecule has 0 saturated heterocycles. The molecule has 2 N–H and O–H groups in total. The van der Waals surface area contributed by atoms with Gasteiger partial charge in [0.25, 0.3) is 0 Å². The second kappa shape index (κ2) is 15.3. The van der Waals surface area contributed by atoms with E-state index in [1.807, 2.05) is 21.1 Å². The molecule has 51 heavy (non-hydrogen) atoms. The number of rotatable bonds is 15. The zero-order chi connectivity index (χ0) is 38.1. The topological polar surface area (TPSA) is 113 Å². The number of carbonyl (C=O) groups is 1. The van der Waals surface area contributed by atoms with Crippen molar-refractivity contribution in [1.82, 2.24) is 14.3 Å². The second-order valence-corrected chi connectivity index (χ2v) is 16.5. The predicted octanol–water partition coefficient (Wildman–Crippen LogP) is 6.96. The van der Waals surface area contributed by atoms with E-state index >= 15 is 8.78 Å². The van der Waals surface area contributed by atoms with E-state index < -0.39 is 67.0 Å². The molecule has 0 radical (unpaired) electrons. The minimum atomic E-state index is -4.61. The van der Waals surface area contributed by atoms with Crippen LogP contribution in [0, 0.1) is 29.1 Å². The average molecular weight is 756 g/mol. The number of nitrogens with zero attached hydrogens (tertiary/aromatic N) is 3. The van der Waals surface area contributed by atoms with Gasteiger partial charge in [-0.1, -0.05) is 25.6 Å². The number of thioether (sulfide) groups is 1. The Morgan fingerprint density at radius 3 is 2.18 bits per heavy atom. The zero-order valence-electron chi connectivity index (χ0n) is 29.2. The van der Waals surface area contributed by atoms with E-state index in [4.69, 9.17) is 4.74 Å². The first-order valence-electron chi connectivity index (χ1n) is 15.7. The van der Waals surface area contributed by atoms with Crippen LogP contribution >= 0.6 is 11.8 Å². The number of imidazole rings is 1. The molecule has 0 spiro atoms. The van der Waals surface area contributed by atoms with Gasteiger partial charge in [0.2, 0.25) is 15.8 Å². The van der Waals surface area contributed by atoms with Gasteiger partial charge in [0.05, 0.1) is 51.1 Å². The lowest BCUT2D eigenvalue weighted by Gasteiger charge is -2.27. The number of quaternary nitrogens is 1. The van der Waals surface area contributed by atoms with E-state index in [0.29, 0.717) is 56.4 Å². The van der Waals surface area contributed by atoms with Crippen LogP contribution in [0.2, 0.25) is 0 Å². The zero-order valence-corrected chi connectivity index (χ0v) is 30.8. The molecular weight excluding hydrogens is 716 g/mol. The molecule has 4 rings (SSSR count). The molecule has 1 atom stereocenters. The molecule has 276 valence electrons. The first-order valence-corrected chi connectivity index (χ1v) is 18.1. The van der Waals surface area contributed by atoms with Crippen LogP contribution in [0.4, 0.5) is 22.0 Å². The van der Waals surface area contributed by atoms with Gasteiger partial charge in [0.1, 0.15) is 23.5 Å². The lowest BCUT2D eigenvalue weighted by Crippen LogP contribution is -2.43. The number of sulfonamides is 1. The Morgan fingerprint density at radius 2 is 1.63 bits per heavy atom. The Bertz CT molecular complexity index is 1990. The van der Waals surface area contributed by atoms with Crippen LogP contribution in [-0.4, -0.2) is 86.1 Å². The third-order valence-electron chi connectivity index (χ3n) is 8.54. The molecule has 0 aliphatic rings. The average Bonchev–Trinajstić information content (AvgIpc) is 3.48. The van der Waals surface area contributed by atoms with Crippen molar-refractivity contribution in [1.29, 1.82) is 0 Å². The lowest BCUT2D eigenvalue weighted by molar-refractivity contribution is -0.870. The van der Waals surface area contributed by atoms with Gasteiger partial charge in [-0.05, 0) is 66.9 Å². The number of halogens is 5. The summed E-state index contributed by atoms with van der Waals surface area (Å²) >= 11 is 0.880. The number of aromatic amines is 1. The van der Waals surface area contributed by atoms with Gasteiger partial charge < -0.3 is 19.3 Å². The molecular formula is C35H40F5N4O5S2+. The Hall–Kier alpha value is -3.99. The first-order chi connectivity index (χ1) is 23.7. The smallest absolute Gasteiger partial charge is 0.322 e. The molecule has 0 bridgehead atoms. The second-order valence-electron chi connectivity index (χ2n) is 13.6. The summed E-state index contributed by atoms with van der Waals surface area (Å²) in [5.74, 6) is -7.23. The summed E-state index contributed by atoms with van der Waals surface area (Å²) in [4.78, 5) is 19.0. The first kappa shape index (κ1) is 39.8. The summed E-state index contributed by atoms with van der Waals surface area (Å²) < 4.78 is 106. The van der Waals surface area contributed by atoms with Crippen molar-refractivity contribution in [2.24, 2.45) is 0 Å². The van der Waals surface area contributed by atoms with Gasteiger partial charge in [0, 0.05) is 29.3 Å². The van der Waals surface area contributed by atoms with Gasteiger partial charge in [0.15, 0.2) is 16.7 Å². The molecule has 0 saturated carbocycles. The molecule has 9 nitrogen and oxygen atoms in total. The third kappa shape index (κ3) is 8.91. The van der Waals surface area contributed by atoms with Crippen LogP contribution in [0.25, 0.3) is 11.3 Å². The maximum atomic E-state index is 15.4. The van der Waals surface area contributed by atoms with Gasteiger partial charge in [-0.2, -0.15) is 8.70 Å². The SMILES string of the molecule is COc1cc(C(C)(C)c2[nH]c(SCc3c(F)cc(S(=O)(=O)N(C)[C@@H](CCC[N+](C)(C)C)C(=O)O)cc3F)nc2-c2ccc(F)cc2)cc(F)c1F. The fraction of sp³-hybridized carbons (Fsp3) is 0.371. The van der Waals surface area contributed by atoms with Crippen LogP contribution in [0.3, 0.4) is 0 Å². The number of hydrogen-bond donors (Lipinski definition) is 2. The number of benzene rings is 3. The van der Waals surface area contributed by atoms with Crippen molar-refractivity contribution in [3.05, 3.63) is 94.4 Å². The van der Waals surface area contributed by atoms with Gasteiger partial charge in [-0.25, -0.2) is 31.0 Å². The standard InChI is InChI=1S/C35H39F5N4O5S2/c1-35(2,21-15-27(39)30(40)29(16-21)49-7)32-31(20-10-12-22(36)13-11-20)41-34(42-32)50-19-24-25(37)17-23(18-26(24)38)51(47,48)43(3)28(33(45)46)9-8-14-44(4,5)6/h10-13,15-18,28H,8-9,14,19H2,1-7H3,(H-,41,42,45,46)/p+1/t28-/m0/s1. The molecule has 0 fully saturated rings. The summed E-state index contributed by atoms with van der Waals surface area (Å²) in [6.07, 6.45) is 0.383. The van der Waals surface area contributed by atoms with Crippen LogP contribution < -0.4 is 4.74 Å². The van der Waals surface area contributed by atoms with Crippen LogP contribution in [0.5, 0.6) is 5.75 Å². The fourth-order valence-electron chi connectivity index (χ4n) is 5.47. The number of aromatic nitrogens is 2. The number of carboxylic acids is 1. The Balaban J connectivity index is 1.65. The third-order valence-corrected chi connectivity index (χ3v) is 11.3. The van der Waals surface area contributed by atoms with Crippen molar-refractivity contribution >= 4 is 27.8 Å². The van der Waals surface area contributed by atoms with Gasteiger partial charge >= 0.3 is 5.97 Å². The predicted molar refractivity (Wildman–Crippen MR) is 183 cm³/mol. The Morgan fingerprint density at radius 1 is 1.02 bits per heavy atom. The Kier molecular flexibility index (Phi) is 12.0. The Labute approximate surface area is 298 Å². The van der Waals surface area contributed by atoms with E-state index in [-0.39, 0.29) is 23.1 Å². The number of ether oxygens (including phenoxy) is 1. The highest BCUT2D eigenvalue weighted by molar-refractivity contribution is 7.98. The van der Waals surface area contributed by atoms with Crippen LogP contribution in [0.1, 0.15) is 43.5 Å². The van der Waals surface area contributed by atoms with E-state index in [1.165, 1.54) is 37.4 Å². The monoisotopic (exact) mass is 755 g/mol. The normalized spacial score (nSPS) is 13.1. The molecule has 0 amide bonds. The lowest BCUT2D eigenvalue weighted by atomic mass is 9.79. The molecule has 0 aliphatic heterocycles. The quantitative estimate of drug-likeness (QED) is 0.0767. The number of hydrogen-bond acceptors (Lipinski definition) is 6. The molecule has 0 unspecified atom stereocenters. The maximum Gasteiger partial charge on any atom is 0.322 e. The molecule has 4 aromatic rings. The van der Waals surface area contributed by atoms with E-state index in [9.17, 15) is 31.5 Å². The number of nitrogens with one attached hydrogen (secondary N) is 1. The molecule has 1 heterocycles. The highest BCUT2D eigenvalue weighted by Crippen LogP contribution is 2.41. The molecule has 3 aromatic carbocycles. The molecule has 0 aliphatic carbocycles. The van der Waals surface area contributed by atoms with Crippen molar-refractivity contribution in [3.8, 4) is 17.0 Å². The van der Waals surface area contributed by atoms with Crippen molar-refractivity contribution < 1.29 is 49.5 Å². The fourth-order valence-corrected chi connectivity index (χ4v) is 7.72. The van der Waals surface area contributed by atoms with Crippen LogP contribution in [-0.2, 0) is 26.0 Å². The number of likely N-dealkylation sites (N-methyl/N-ethyl adjacent to an activating group) is 1. The van der Waals surface area contributed by atoms with Crippen LogP contribution in [0.15, 0.2) is 58.6 Å². The summed E-state index contributed by atoms with van der Waals surface area (Å²) in [5, 5.41) is 9.92. The van der Waals surface area contributed by atoms with E-state index in [2.05, 4.69) is 9.97 Å². The highest BCUT2D eigenvalue weighted by atomic mass is 32.2. The summed E-state index contributed by atoms with van der Waals surface area (Å²) in [7, 11) is 3.37. The number of H-pyrrole nitrogens is 1. The van der Waals surface area contributed by atoms with Gasteiger partial charge in [-0.3, -0.25) is 4.79 Å². The largest absolute Gasteiger partial charge is 0.494 e. The summed E-state index contributed by atoms with van der Waals surface area (Å²) in [6, 6.07) is 7.57. The number of carboxylic acid groups (broad SMARTS) is 1. The molecule has 16 heteroatoms. The minimum absolute atomic E-state index is 0.00817.